The van der Waals surface area contributed by atoms with Crippen molar-refractivity contribution in [3.05, 3.63) is 71.9 Å². The minimum Gasteiger partial charge on any atom is -0.467 e. The van der Waals surface area contributed by atoms with Gasteiger partial charge in [-0.1, -0.05) is 67.5 Å². The average Bonchev–Trinajstić information content (AvgIpc) is 3.63. The Bertz CT molecular complexity index is 1590. The lowest BCUT2D eigenvalue weighted by atomic mass is 9.84. The second-order valence-corrected chi connectivity index (χ2v) is 13.1. The van der Waals surface area contributed by atoms with E-state index in [1.54, 1.807) is 20.8 Å². The Labute approximate surface area is 269 Å². The van der Waals surface area contributed by atoms with E-state index in [0.29, 0.717) is 5.71 Å². The average molecular weight is 633 g/mol. The van der Waals surface area contributed by atoms with Gasteiger partial charge in [-0.25, -0.2) is 4.79 Å². The molecule has 0 saturated carbocycles. The molecule has 0 spiro atoms. The third-order valence-corrected chi connectivity index (χ3v) is 7.94. The monoisotopic (exact) mass is 632 g/mol. The molecular formula is C35H44N4O7. The highest BCUT2D eigenvalue weighted by Crippen LogP contribution is 2.32. The van der Waals surface area contributed by atoms with Crippen molar-refractivity contribution >= 4 is 40.4 Å². The van der Waals surface area contributed by atoms with Gasteiger partial charge in [0.2, 0.25) is 11.5 Å². The van der Waals surface area contributed by atoms with E-state index in [1.807, 2.05) is 81.6 Å². The first-order valence-electron chi connectivity index (χ1n) is 15.5. The predicted molar refractivity (Wildman–Crippen MR) is 174 cm³/mol. The summed E-state index contributed by atoms with van der Waals surface area (Å²) in [6.45, 7) is 10.9. The molecule has 4 atom stereocenters. The Morgan fingerprint density at radius 2 is 1.67 bits per heavy atom. The number of aromatic nitrogens is 1. The highest BCUT2D eigenvalue weighted by molar-refractivity contribution is 6.02. The van der Waals surface area contributed by atoms with Gasteiger partial charge in [-0.05, 0) is 50.8 Å². The van der Waals surface area contributed by atoms with Gasteiger partial charge in [0, 0.05) is 29.9 Å². The van der Waals surface area contributed by atoms with Crippen molar-refractivity contribution in [1.29, 1.82) is 0 Å². The van der Waals surface area contributed by atoms with Crippen LogP contribution in [0.2, 0.25) is 0 Å². The number of ether oxygens (including phenoxy) is 2. The number of hydrogen-bond acceptors (Lipinski definition) is 8. The van der Waals surface area contributed by atoms with Gasteiger partial charge in [0.25, 0.3) is 5.91 Å². The number of aromatic amines is 1. The van der Waals surface area contributed by atoms with Crippen molar-refractivity contribution in [2.75, 3.05) is 7.11 Å². The van der Waals surface area contributed by atoms with Gasteiger partial charge in [-0.2, -0.15) is 0 Å². The molecule has 2 amide bonds. The zero-order valence-corrected chi connectivity index (χ0v) is 27.5. The van der Waals surface area contributed by atoms with E-state index in [9.17, 15) is 19.2 Å². The molecule has 2 unspecified atom stereocenters. The third-order valence-electron chi connectivity index (χ3n) is 7.94. The zero-order valence-electron chi connectivity index (χ0n) is 27.5. The van der Waals surface area contributed by atoms with Crippen LogP contribution in [0.15, 0.2) is 65.9 Å². The second kappa shape index (κ2) is 14.2. The number of hydrogen-bond donors (Lipinski definition) is 3. The first-order valence-corrected chi connectivity index (χ1v) is 15.5. The molecule has 0 bridgehead atoms. The van der Waals surface area contributed by atoms with Gasteiger partial charge in [0.1, 0.15) is 11.6 Å². The van der Waals surface area contributed by atoms with E-state index < -0.39 is 53.5 Å². The molecule has 2 aromatic carbocycles. The summed E-state index contributed by atoms with van der Waals surface area (Å²) in [6.07, 6.45) is 1.58. The van der Waals surface area contributed by atoms with Crippen LogP contribution in [0.4, 0.5) is 0 Å². The highest BCUT2D eigenvalue weighted by Gasteiger charge is 2.50. The molecule has 11 nitrogen and oxygen atoms in total. The molecule has 0 fully saturated rings. The van der Waals surface area contributed by atoms with Gasteiger partial charge in [-0.15, -0.1) is 0 Å². The van der Waals surface area contributed by atoms with Crippen molar-refractivity contribution in [2.45, 2.75) is 90.0 Å². The molecule has 1 aromatic heterocycles. The van der Waals surface area contributed by atoms with Crippen LogP contribution in [-0.2, 0) is 39.9 Å². The molecule has 0 saturated heterocycles. The molecule has 46 heavy (non-hydrogen) atoms. The molecule has 4 rings (SSSR count). The first kappa shape index (κ1) is 34.2. The van der Waals surface area contributed by atoms with Crippen LogP contribution in [-0.4, -0.2) is 64.8 Å². The fourth-order valence-corrected chi connectivity index (χ4v) is 5.57. The lowest BCUT2D eigenvalue weighted by Crippen LogP contribution is -2.55. The van der Waals surface area contributed by atoms with Crippen LogP contribution in [0.25, 0.3) is 10.9 Å². The van der Waals surface area contributed by atoms with Gasteiger partial charge < -0.3 is 29.9 Å². The second-order valence-electron chi connectivity index (χ2n) is 13.1. The van der Waals surface area contributed by atoms with Crippen LogP contribution in [0.5, 0.6) is 0 Å². The number of oxime groups is 1. The minimum atomic E-state index is -1.56. The largest absolute Gasteiger partial charge is 0.467 e. The van der Waals surface area contributed by atoms with Crippen molar-refractivity contribution in [1.82, 2.24) is 15.6 Å². The van der Waals surface area contributed by atoms with E-state index in [0.717, 1.165) is 22.0 Å². The molecule has 3 aromatic rings. The Morgan fingerprint density at radius 1 is 1.00 bits per heavy atom. The fraction of sp³-hybridized carbons (Fsp3) is 0.457. The maximum Gasteiger partial charge on any atom is 0.328 e. The smallest absolute Gasteiger partial charge is 0.328 e. The lowest BCUT2D eigenvalue weighted by molar-refractivity contribution is -0.160. The Morgan fingerprint density at radius 3 is 2.33 bits per heavy atom. The van der Waals surface area contributed by atoms with Crippen LogP contribution < -0.4 is 10.6 Å². The number of benzene rings is 2. The van der Waals surface area contributed by atoms with Crippen LogP contribution in [0.1, 0.15) is 71.4 Å². The van der Waals surface area contributed by atoms with E-state index in [-0.39, 0.29) is 24.7 Å². The van der Waals surface area contributed by atoms with Crippen molar-refractivity contribution in [3.8, 4) is 0 Å². The summed E-state index contributed by atoms with van der Waals surface area (Å²) in [5, 5.41) is 11.1. The molecule has 0 aliphatic carbocycles. The number of nitrogens with one attached hydrogen (secondary N) is 3. The number of methoxy groups -OCH3 is 1. The minimum absolute atomic E-state index is 0.0403. The molecule has 0 radical (unpaired) electrons. The zero-order chi connectivity index (χ0) is 33.6. The summed E-state index contributed by atoms with van der Waals surface area (Å²) in [5.41, 5.74) is 0.764. The number of para-hydroxylation sites is 1. The number of carbonyl (C=O) groups is 4. The Balaban J connectivity index is 1.57. The van der Waals surface area contributed by atoms with Crippen LogP contribution >= 0.6 is 0 Å². The maximum absolute atomic E-state index is 14.1. The van der Waals surface area contributed by atoms with Crippen molar-refractivity contribution < 1.29 is 33.5 Å². The van der Waals surface area contributed by atoms with Gasteiger partial charge in [0.15, 0.2) is 0 Å². The number of esters is 2. The predicted octanol–water partition coefficient (Wildman–Crippen LogP) is 4.56. The normalized spacial score (nSPS) is 18.2. The SMILES string of the molecule is COC(=O)[C@H](CC(=O)OC(C)(C)C)NC(=O)C1(Cc2ccccc2)CC([C@@H](NC(=O)C(C)c2c[nH]c3ccccc23)C(C)C)=NO1. The van der Waals surface area contributed by atoms with E-state index >= 15 is 0 Å². The summed E-state index contributed by atoms with van der Waals surface area (Å²) in [7, 11) is 1.18. The van der Waals surface area contributed by atoms with Gasteiger partial charge in [0.05, 0.1) is 31.2 Å². The molecular weight excluding hydrogens is 588 g/mol. The van der Waals surface area contributed by atoms with Crippen LogP contribution in [0, 0.1) is 5.92 Å². The maximum atomic E-state index is 14.1. The number of nitrogens with zero attached hydrogens (tertiary/aromatic N) is 1. The highest BCUT2D eigenvalue weighted by atomic mass is 16.7. The molecule has 1 aliphatic heterocycles. The van der Waals surface area contributed by atoms with Gasteiger partial charge >= 0.3 is 11.9 Å². The summed E-state index contributed by atoms with van der Waals surface area (Å²) in [4.78, 5) is 62.2. The van der Waals surface area contributed by atoms with Crippen molar-refractivity contribution in [3.63, 3.8) is 0 Å². The number of amides is 2. The van der Waals surface area contributed by atoms with E-state index in [2.05, 4.69) is 20.8 Å². The first-order chi connectivity index (χ1) is 21.7. The van der Waals surface area contributed by atoms with Gasteiger partial charge in [-0.3, -0.25) is 14.4 Å². The summed E-state index contributed by atoms with van der Waals surface area (Å²) < 4.78 is 10.3. The summed E-state index contributed by atoms with van der Waals surface area (Å²) >= 11 is 0. The number of rotatable bonds is 12. The van der Waals surface area contributed by atoms with Crippen LogP contribution in [0.3, 0.4) is 0 Å². The molecule has 2 heterocycles. The molecule has 11 heteroatoms. The van der Waals surface area contributed by atoms with E-state index in [1.165, 1.54) is 7.11 Å². The molecule has 246 valence electrons. The third kappa shape index (κ3) is 8.13. The molecule has 1 aliphatic rings. The van der Waals surface area contributed by atoms with E-state index in [4.69, 9.17) is 14.3 Å². The molecule has 3 N–H and O–H groups in total. The number of carbonyl (C=O) groups excluding carboxylic acids is 4. The summed E-state index contributed by atoms with van der Waals surface area (Å²) in [6, 6.07) is 15.2. The number of H-pyrrole nitrogens is 1. The lowest BCUT2D eigenvalue weighted by Gasteiger charge is -2.29. The summed E-state index contributed by atoms with van der Waals surface area (Å²) in [5.74, 6) is -2.86. The Kier molecular flexibility index (Phi) is 10.5. The standard InChI is InChI=1S/C35H44N4O7/c1-21(2)30(38-31(41)22(3)25-20-36-26-16-12-11-15-24(25)26)28-19-35(46-39-28,18-23-13-9-8-10-14-23)33(43)37-27(32(42)44-7)17-29(40)45-34(4,5)6/h8-16,20-22,27,30,36H,17-19H2,1-7H3,(H,37,43)(H,38,41)/t22?,27-,30-,35?/m0/s1. The van der Waals surface area contributed by atoms with Crippen molar-refractivity contribution in [2.24, 2.45) is 11.1 Å². The number of fused-ring (bicyclic) bond motifs is 1. The fourth-order valence-electron chi connectivity index (χ4n) is 5.57. The Hall–Kier alpha value is -4.67. The quantitative estimate of drug-likeness (QED) is 0.248. The topological polar surface area (TPSA) is 148 Å².